The first-order valence-electron chi connectivity index (χ1n) is 19.7. The minimum Gasteiger partial charge on any atom is -0.307 e. The fourth-order valence-corrected chi connectivity index (χ4v) is 5.02. The number of para-hydroxylation sites is 4. The molecule has 0 aliphatic carbocycles. The molecule has 8 aromatic rings. The fourth-order valence-electron chi connectivity index (χ4n) is 5.02. The molecule has 0 unspecified atom stereocenters. The Labute approximate surface area is 243 Å². The van der Waals surface area contributed by atoms with Gasteiger partial charge in [0.2, 0.25) is 0 Å². The van der Waals surface area contributed by atoms with E-state index in [4.69, 9.17) is 17.8 Å². The molecular weight excluding hydrogens is 460 g/mol. The van der Waals surface area contributed by atoms with E-state index in [1.54, 1.807) is 28.8 Å². The van der Waals surface area contributed by atoms with Gasteiger partial charge in [-0.25, -0.2) is 0 Å². The van der Waals surface area contributed by atoms with Crippen LogP contribution in [0.5, 0.6) is 0 Å². The van der Waals surface area contributed by atoms with Crippen LogP contribution in [0, 0.1) is 0 Å². The van der Waals surface area contributed by atoms with Gasteiger partial charge in [-0.2, -0.15) is 0 Å². The molecule has 0 N–H and O–H groups in total. The van der Waals surface area contributed by atoms with E-state index in [9.17, 15) is 4.11 Å². The van der Waals surface area contributed by atoms with Gasteiger partial charge in [0.05, 0.1) is 49.7 Å². The molecule has 8 rings (SSSR count). The van der Waals surface area contributed by atoms with Crippen molar-refractivity contribution in [3.63, 3.8) is 0 Å². The zero-order valence-electron chi connectivity index (χ0n) is 35.5. The van der Waals surface area contributed by atoms with Gasteiger partial charge < -0.3 is 9.13 Å². The van der Waals surface area contributed by atoms with Crippen LogP contribution >= 0.6 is 0 Å². The molecule has 6 aromatic carbocycles. The fraction of sp³-hybridized carbons (Fsp3) is 0. The third kappa shape index (κ3) is 3.01. The Balaban J connectivity index is 1.67. The van der Waals surface area contributed by atoms with E-state index in [2.05, 4.69) is 0 Å². The average Bonchev–Trinajstić information content (AvgIpc) is 3.68. The summed E-state index contributed by atoms with van der Waals surface area (Å²) in [6.07, 6.45) is 0. The van der Waals surface area contributed by atoms with Crippen molar-refractivity contribution in [2.45, 2.75) is 0 Å². The molecule has 2 aromatic heterocycles. The topological polar surface area (TPSA) is 9.86 Å². The summed E-state index contributed by atoms with van der Waals surface area (Å²) in [5.41, 5.74) is -1.17. The van der Waals surface area contributed by atoms with E-state index < -0.39 is 113 Å². The van der Waals surface area contributed by atoms with E-state index in [0.717, 1.165) is 15.3 Å². The lowest BCUT2D eigenvalue weighted by atomic mass is 10.1. The predicted molar refractivity (Wildman–Crippen MR) is 161 cm³/mol. The largest absolute Gasteiger partial charge is 0.307 e. The van der Waals surface area contributed by atoms with E-state index >= 15 is 0 Å². The van der Waals surface area contributed by atoms with Crippen molar-refractivity contribution in [2.24, 2.45) is 0 Å². The first-order valence-corrected chi connectivity index (χ1v) is 11.7. The molecule has 0 radical (unpaired) electrons. The number of aromatic nitrogens is 2. The van der Waals surface area contributed by atoms with Crippen LogP contribution in [-0.2, 0) is 0 Å². The summed E-state index contributed by atoms with van der Waals surface area (Å²) in [4.78, 5) is 0. The van der Waals surface area contributed by atoms with E-state index in [0.29, 0.717) is 11.0 Å². The second kappa shape index (κ2) is 8.22. The van der Waals surface area contributed by atoms with Crippen LogP contribution in [-0.4, -0.2) is 9.13 Å². The molecule has 0 bridgehead atoms. The number of nitrogens with zero attached hydrogens (tertiary/aromatic N) is 2. The zero-order valence-corrected chi connectivity index (χ0v) is 19.5. The van der Waals surface area contributed by atoms with Crippen LogP contribution in [0.4, 0.5) is 0 Å². The van der Waals surface area contributed by atoms with Crippen molar-refractivity contribution in [3.05, 3.63) is 145 Å². The highest BCUT2D eigenvalue weighted by Crippen LogP contribution is 2.39. The van der Waals surface area contributed by atoms with Crippen molar-refractivity contribution >= 4 is 43.6 Å². The van der Waals surface area contributed by atoms with E-state index in [-0.39, 0.29) is 27.5 Å². The predicted octanol–water partition coefficient (Wildman–Crippen LogP) is 9.55. The molecule has 0 saturated carbocycles. The number of hydrogen-bond donors (Lipinski definition) is 0. The van der Waals surface area contributed by atoms with Crippen LogP contribution in [0.3, 0.4) is 0 Å². The van der Waals surface area contributed by atoms with Gasteiger partial charge in [0.25, 0.3) is 0 Å². The Morgan fingerprint density at radius 3 is 1.76 bits per heavy atom. The zero-order chi connectivity index (χ0) is 39.0. The summed E-state index contributed by atoms with van der Waals surface area (Å²) in [6.45, 7) is 0. The molecule has 0 atom stereocenters. The third-order valence-corrected chi connectivity index (χ3v) is 6.58. The molecule has 0 fully saturated rings. The second-order valence-corrected chi connectivity index (χ2v) is 8.60. The third-order valence-electron chi connectivity index (χ3n) is 6.58. The monoisotopic (exact) mass is 500 g/mol. The van der Waals surface area contributed by atoms with Crippen molar-refractivity contribution in [1.29, 1.82) is 0 Å². The van der Waals surface area contributed by atoms with Crippen LogP contribution in [0.2, 0.25) is 0 Å². The summed E-state index contributed by atoms with van der Waals surface area (Å²) in [6, 6.07) is 3.22. The lowest BCUT2D eigenvalue weighted by molar-refractivity contribution is 1.13. The maximum atomic E-state index is 9.34. The Hall–Kier alpha value is -5.08. The molecule has 0 amide bonds. The highest BCUT2D eigenvalue weighted by molar-refractivity contribution is 6.15. The van der Waals surface area contributed by atoms with Crippen LogP contribution < -0.4 is 0 Å². The van der Waals surface area contributed by atoms with Crippen LogP contribution in [0.15, 0.2) is 145 Å². The molecule has 2 heterocycles. The van der Waals surface area contributed by atoms with Crippen molar-refractivity contribution in [3.8, 4) is 22.5 Å². The Bertz CT molecular complexity index is 2910. The highest BCUT2D eigenvalue weighted by Gasteiger charge is 2.19. The lowest BCUT2D eigenvalue weighted by Gasteiger charge is -2.14. The molecule has 178 valence electrons. The van der Waals surface area contributed by atoms with E-state index in [1.165, 1.54) is 0 Å². The van der Waals surface area contributed by atoms with Gasteiger partial charge in [-0.1, -0.05) is 109 Å². The summed E-state index contributed by atoms with van der Waals surface area (Å²) in [5.74, 6) is 0. The highest BCUT2D eigenvalue weighted by atomic mass is 15.1. The van der Waals surface area contributed by atoms with Gasteiger partial charge >= 0.3 is 0 Å². The van der Waals surface area contributed by atoms with Gasteiger partial charge in [0.1, 0.15) is 0 Å². The molecule has 0 aliphatic rings. The number of hydrogen-bond acceptors (Lipinski definition) is 0. The standard InChI is InChI=1S/C36H24N2/c1-2-11-25(12-3-1)26-21-23-27(24-22-26)37-32-17-7-6-15-30(32)31-16-10-20-35(36(31)37)38-33-18-8-4-13-28(33)29-14-5-9-19-34(29)38/h1-24H/i1D,2D,3D,6D,7D,10D,11D,12D,15D,16D,17D,20D,21D,22D,23D,24D. The maximum Gasteiger partial charge on any atom is 0.0782 e. The van der Waals surface area contributed by atoms with Gasteiger partial charge in [-0.15, -0.1) is 0 Å². The molecule has 0 aliphatic heterocycles. The minimum atomic E-state index is -0.812. The Morgan fingerprint density at radius 1 is 0.421 bits per heavy atom. The van der Waals surface area contributed by atoms with Gasteiger partial charge in [0, 0.05) is 27.2 Å². The first kappa shape index (κ1) is 10.7. The van der Waals surface area contributed by atoms with Gasteiger partial charge in [0.15, 0.2) is 0 Å². The minimum absolute atomic E-state index is 0.0666. The van der Waals surface area contributed by atoms with Crippen LogP contribution in [0.25, 0.3) is 66.1 Å². The smallest absolute Gasteiger partial charge is 0.0782 e. The van der Waals surface area contributed by atoms with Crippen molar-refractivity contribution in [1.82, 2.24) is 9.13 Å². The van der Waals surface area contributed by atoms with Crippen LogP contribution in [0.1, 0.15) is 21.9 Å². The maximum absolute atomic E-state index is 9.34. The van der Waals surface area contributed by atoms with Crippen molar-refractivity contribution < 1.29 is 21.9 Å². The molecule has 0 spiro atoms. The van der Waals surface area contributed by atoms with Gasteiger partial charge in [-0.05, 0) is 47.4 Å². The Kier molecular flexibility index (Phi) is 2.32. The summed E-state index contributed by atoms with van der Waals surface area (Å²) >= 11 is 0. The number of rotatable bonds is 3. The SMILES string of the molecule is [2H]c1c([2H])c([2H])c(-c2c([2H])c([2H])c(-n3c4c([2H])c([2H])c([2H])c([2H])c4c4c([2H])c([2H])c([2H])c(-n5c6ccccc6c6ccccc65)c43)c([2H])c2[2H])c([2H])c1[2H]. The van der Waals surface area contributed by atoms with Gasteiger partial charge in [-0.3, -0.25) is 0 Å². The summed E-state index contributed by atoms with van der Waals surface area (Å²) < 4.78 is 144. The first-order chi connectivity index (χ1) is 25.5. The summed E-state index contributed by atoms with van der Waals surface area (Å²) in [5, 5.41) is 1.06. The number of benzene rings is 6. The molecule has 2 heteroatoms. The molecule has 0 saturated heterocycles. The molecule has 38 heavy (non-hydrogen) atoms. The molecule has 2 nitrogen and oxygen atoms in total. The van der Waals surface area contributed by atoms with E-state index in [1.807, 2.05) is 24.3 Å². The lowest BCUT2D eigenvalue weighted by Crippen LogP contribution is -2.00. The number of fused-ring (bicyclic) bond motifs is 6. The quantitative estimate of drug-likeness (QED) is 0.229. The summed E-state index contributed by atoms with van der Waals surface area (Å²) in [7, 11) is 0. The average molecular weight is 501 g/mol. The molecular formula is C36H24N2. The van der Waals surface area contributed by atoms with Crippen molar-refractivity contribution in [2.75, 3.05) is 0 Å². The Morgan fingerprint density at radius 2 is 1.03 bits per heavy atom. The normalized spacial score (nSPS) is 17.6. The second-order valence-electron chi connectivity index (χ2n) is 8.60.